The van der Waals surface area contributed by atoms with Crippen LogP contribution in [0.25, 0.3) is 0 Å². The molecule has 1 heterocycles. The topological polar surface area (TPSA) is 45.7 Å². The zero-order valence-electron chi connectivity index (χ0n) is 10.4. The number of hydrogen-bond acceptors (Lipinski definition) is 4. The molecule has 1 aliphatic heterocycles. The molecule has 2 rings (SSSR count). The van der Waals surface area contributed by atoms with Crippen LogP contribution in [0.4, 0.5) is 0 Å². The van der Waals surface area contributed by atoms with E-state index in [1.807, 2.05) is 31.2 Å². The van der Waals surface area contributed by atoms with Gasteiger partial charge in [-0.15, -0.1) is 0 Å². The van der Waals surface area contributed by atoms with E-state index in [4.69, 9.17) is 4.74 Å². The highest BCUT2D eigenvalue weighted by Crippen LogP contribution is 2.17. The molecule has 1 aliphatic rings. The Morgan fingerprint density at radius 2 is 2.22 bits per heavy atom. The maximum absolute atomic E-state index is 5.79. The van der Waals surface area contributed by atoms with Gasteiger partial charge in [0.1, 0.15) is 11.9 Å². The summed E-state index contributed by atoms with van der Waals surface area (Å²) in [6, 6.07) is 7.86. The molecule has 0 spiro atoms. The second-order valence-electron chi connectivity index (χ2n) is 4.27. The molecular weight excluding hydrogens is 294 g/mol. The Morgan fingerprint density at radius 3 is 2.89 bits per heavy atom. The van der Waals surface area contributed by atoms with Crippen molar-refractivity contribution in [1.82, 2.24) is 10.6 Å². The predicted octanol–water partition coefficient (Wildman–Crippen LogP) is 2.16. The largest absolute Gasteiger partial charge is 0.489 e. The summed E-state index contributed by atoms with van der Waals surface area (Å²) >= 11 is 3.40. The second-order valence-corrected chi connectivity index (χ2v) is 5.19. The Morgan fingerprint density at radius 1 is 1.44 bits per heavy atom. The van der Waals surface area contributed by atoms with E-state index < -0.39 is 0 Å². The minimum absolute atomic E-state index is 0.0950. The van der Waals surface area contributed by atoms with E-state index in [1.165, 1.54) is 0 Å². The molecule has 1 aromatic carbocycles. The van der Waals surface area contributed by atoms with Gasteiger partial charge in [0.05, 0.1) is 6.54 Å². The first-order chi connectivity index (χ1) is 8.74. The van der Waals surface area contributed by atoms with Gasteiger partial charge in [-0.2, -0.15) is 0 Å². The van der Waals surface area contributed by atoms with Crippen molar-refractivity contribution in [2.75, 3.05) is 19.6 Å². The fraction of sp³-hybridized carbons (Fsp3) is 0.462. The Hall–Kier alpha value is -1.23. The molecule has 0 bridgehead atoms. The van der Waals surface area contributed by atoms with Crippen LogP contribution in [0, 0.1) is 0 Å². The lowest BCUT2D eigenvalue weighted by molar-refractivity contribution is 0.223. The molecule has 18 heavy (non-hydrogen) atoms. The monoisotopic (exact) mass is 311 g/mol. The normalized spacial score (nSPS) is 16.4. The zero-order valence-corrected chi connectivity index (χ0v) is 12.0. The smallest absolute Gasteiger partial charge is 0.191 e. The maximum atomic E-state index is 5.79. The highest BCUT2D eigenvalue weighted by atomic mass is 79.9. The van der Waals surface area contributed by atoms with E-state index >= 15 is 0 Å². The molecule has 1 aromatic rings. The number of halogens is 1. The molecule has 98 valence electrons. The minimum Gasteiger partial charge on any atom is -0.489 e. The zero-order chi connectivity index (χ0) is 12.8. The highest BCUT2D eigenvalue weighted by Gasteiger charge is 2.07. The Bertz CT molecular complexity index is 405. The third-order valence-corrected chi connectivity index (χ3v) is 3.13. The van der Waals surface area contributed by atoms with Crippen molar-refractivity contribution in [3.8, 4) is 5.75 Å². The van der Waals surface area contributed by atoms with Crippen LogP contribution < -0.4 is 15.4 Å². The van der Waals surface area contributed by atoms with Gasteiger partial charge < -0.3 is 15.4 Å². The van der Waals surface area contributed by atoms with Crippen molar-refractivity contribution >= 4 is 21.9 Å². The van der Waals surface area contributed by atoms with E-state index in [2.05, 4.69) is 31.6 Å². The molecule has 0 amide bonds. The van der Waals surface area contributed by atoms with Gasteiger partial charge in [0.2, 0.25) is 0 Å². The number of aliphatic imine (C=N–C) groups is 1. The van der Waals surface area contributed by atoms with Crippen LogP contribution in [0.5, 0.6) is 5.75 Å². The summed E-state index contributed by atoms with van der Waals surface area (Å²) in [5.41, 5.74) is 0. The average Bonchev–Trinajstić information content (AvgIpc) is 2.40. The minimum atomic E-state index is 0.0950. The average molecular weight is 312 g/mol. The summed E-state index contributed by atoms with van der Waals surface area (Å²) in [7, 11) is 0. The van der Waals surface area contributed by atoms with Crippen LogP contribution in [0.2, 0.25) is 0 Å². The number of ether oxygens (including phenoxy) is 1. The Kier molecular flexibility index (Phi) is 4.87. The SMILES string of the molecule is CC(CNC1=NCCCN1)Oc1ccc(Br)cc1. The predicted molar refractivity (Wildman–Crippen MR) is 77.2 cm³/mol. The molecule has 0 aliphatic carbocycles. The van der Waals surface area contributed by atoms with E-state index in [0.29, 0.717) is 0 Å². The molecule has 1 atom stereocenters. The van der Waals surface area contributed by atoms with Crippen molar-refractivity contribution in [1.29, 1.82) is 0 Å². The quantitative estimate of drug-likeness (QED) is 0.895. The Labute approximate surface area is 116 Å². The number of nitrogens with zero attached hydrogens (tertiary/aromatic N) is 1. The van der Waals surface area contributed by atoms with E-state index in [9.17, 15) is 0 Å². The van der Waals surface area contributed by atoms with Gasteiger partial charge in [-0.05, 0) is 37.6 Å². The molecule has 0 radical (unpaired) electrons. The van der Waals surface area contributed by atoms with E-state index in [0.717, 1.165) is 42.2 Å². The standard InChI is InChI=1S/C13H18BrN3O/c1-10(9-17-13-15-7-2-8-16-13)18-12-5-3-11(14)4-6-12/h3-6,10H,2,7-9H2,1H3,(H2,15,16,17). The van der Waals surface area contributed by atoms with Gasteiger partial charge in [0.15, 0.2) is 5.96 Å². The number of rotatable bonds is 4. The van der Waals surface area contributed by atoms with Crippen molar-refractivity contribution in [2.24, 2.45) is 4.99 Å². The number of nitrogens with one attached hydrogen (secondary N) is 2. The van der Waals surface area contributed by atoms with Crippen LogP contribution >= 0.6 is 15.9 Å². The fourth-order valence-corrected chi connectivity index (χ4v) is 1.94. The van der Waals surface area contributed by atoms with Crippen molar-refractivity contribution in [3.63, 3.8) is 0 Å². The van der Waals surface area contributed by atoms with Gasteiger partial charge in [-0.3, -0.25) is 4.99 Å². The van der Waals surface area contributed by atoms with Gasteiger partial charge >= 0.3 is 0 Å². The van der Waals surface area contributed by atoms with Crippen LogP contribution in [0.15, 0.2) is 33.7 Å². The summed E-state index contributed by atoms with van der Waals surface area (Å²) in [6.45, 7) is 4.67. The molecule has 5 heteroatoms. The maximum Gasteiger partial charge on any atom is 0.191 e. The molecule has 0 saturated carbocycles. The molecular formula is C13H18BrN3O. The summed E-state index contributed by atoms with van der Waals surface area (Å²) in [5, 5.41) is 6.48. The van der Waals surface area contributed by atoms with Crippen LogP contribution in [0.3, 0.4) is 0 Å². The number of guanidine groups is 1. The third-order valence-electron chi connectivity index (χ3n) is 2.61. The first-order valence-corrected chi connectivity index (χ1v) is 6.98. The lowest BCUT2D eigenvalue weighted by atomic mass is 10.3. The number of benzene rings is 1. The number of hydrogen-bond donors (Lipinski definition) is 2. The summed E-state index contributed by atoms with van der Waals surface area (Å²) < 4.78 is 6.85. The van der Waals surface area contributed by atoms with Crippen molar-refractivity contribution in [3.05, 3.63) is 28.7 Å². The van der Waals surface area contributed by atoms with Crippen LogP contribution in [-0.4, -0.2) is 31.7 Å². The molecule has 4 nitrogen and oxygen atoms in total. The molecule has 0 aromatic heterocycles. The van der Waals surface area contributed by atoms with Crippen molar-refractivity contribution < 1.29 is 4.74 Å². The Balaban J connectivity index is 1.76. The summed E-state index contributed by atoms with van der Waals surface area (Å²) in [4.78, 5) is 4.35. The summed E-state index contributed by atoms with van der Waals surface area (Å²) in [6.07, 6.45) is 1.20. The van der Waals surface area contributed by atoms with Gasteiger partial charge in [0.25, 0.3) is 0 Å². The van der Waals surface area contributed by atoms with E-state index in [1.54, 1.807) is 0 Å². The van der Waals surface area contributed by atoms with Crippen molar-refractivity contribution in [2.45, 2.75) is 19.4 Å². The molecule has 0 fully saturated rings. The lowest BCUT2D eigenvalue weighted by Crippen LogP contribution is -2.44. The first-order valence-electron chi connectivity index (χ1n) is 6.18. The van der Waals surface area contributed by atoms with Crippen LogP contribution in [0.1, 0.15) is 13.3 Å². The van der Waals surface area contributed by atoms with Gasteiger partial charge in [0, 0.05) is 17.6 Å². The first kappa shape index (κ1) is 13.2. The van der Waals surface area contributed by atoms with E-state index in [-0.39, 0.29) is 6.10 Å². The fourth-order valence-electron chi connectivity index (χ4n) is 1.68. The summed E-state index contributed by atoms with van der Waals surface area (Å²) in [5.74, 6) is 1.76. The third kappa shape index (κ3) is 4.22. The molecule has 0 saturated heterocycles. The van der Waals surface area contributed by atoms with Gasteiger partial charge in [-0.25, -0.2) is 0 Å². The molecule has 2 N–H and O–H groups in total. The second kappa shape index (κ2) is 6.64. The highest BCUT2D eigenvalue weighted by molar-refractivity contribution is 9.10. The lowest BCUT2D eigenvalue weighted by Gasteiger charge is -2.19. The van der Waals surface area contributed by atoms with Crippen LogP contribution in [-0.2, 0) is 0 Å². The molecule has 1 unspecified atom stereocenters. The van der Waals surface area contributed by atoms with Gasteiger partial charge in [-0.1, -0.05) is 15.9 Å².